The molecule has 2 nitrogen and oxygen atoms in total. The highest BCUT2D eigenvalue weighted by Crippen LogP contribution is 2.16. The number of carbonyl (C=O) groups excluding carboxylic acids is 1. The zero-order valence-electron chi connectivity index (χ0n) is 13.4. The number of benzene rings is 2. The maximum atomic E-state index is 9.82. The Morgan fingerprint density at radius 1 is 1.05 bits per heavy atom. The normalized spacial score (nSPS) is 8.82. The van der Waals surface area contributed by atoms with E-state index in [0.29, 0.717) is 17.2 Å². The molecule has 0 saturated heterocycles. The van der Waals surface area contributed by atoms with Gasteiger partial charge in [-0.1, -0.05) is 56.1 Å². The molecule has 0 aliphatic rings. The van der Waals surface area contributed by atoms with Crippen molar-refractivity contribution in [2.24, 2.45) is 0 Å². The van der Waals surface area contributed by atoms with Crippen molar-refractivity contribution in [1.29, 1.82) is 0 Å². The van der Waals surface area contributed by atoms with E-state index in [4.69, 9.17) is 23.2 Å². The van der Waals surface area contributed by atoms with Crippen molar-refractivity contribution in [2.45, 2.75) is 34.1 Å². The lowest BCUT2D eigenvalue weighted by Crippen LogP contribution is -1.86. The SMILES string of the molecule is CC.CCc1cc(Cl)ccc1C.O=COc1cccc(Cl)c1. The summed E-state index contributed by atoms with van der Waals surface area (Å²) in [6.07, 6.45) is 1.06. The first kappa shape index (κ1) is 20.5. The third kappa shape index (κ3) is 8.06. The molecule has 0 fully saturated rings. The number of halogens is 2. The van der Waals surface area contributed by atoms with Gasteiger partial charge in [0.25, 0.3) is 6.47 Å². The largest absolute Gasteiger partial charge is 0.429 e. The van der Waals surface area contributed by atoms with Crippen molar-refractivity contribution in [3.05, 3.63) is 63.6 Å². The lowest BCUT2D eigenvalue weighted by atomic mass is 10.1. The molecule has 0 unspecified atom stereocenters. The Balaban J connectivity index is 0.000000360. The minimum atomic E-state index is 0.367. The van der Waals surface area contributed by atoms with E-state index >= 15 is 0 Å². The molecule has 0 saturated carbocycles. The van der Waals surface area contributed by atoms with E-state index in [0.717, 1.165) is 11.4 Å². The fraction of sp³-hybridized carbons (Fsp3) is 0.278. The van der Waals surface area contributed by atoms with Crippen LogP contribution in [0.15, 0.2) is 42.5 Å². The Morgan fingerprint density at radius 2 is 1.68 bits per heavy atom. The van der Waals surface area contributed by atoms with Crippen LogP contribution in [0.25, 0.3) is 0 Å². The van der Waals surface area contributed by atoms with Gasteiger partial charge < -0.3 is 4.74 Å². The molecule has 0 heterocycles. The van der Waals surface area contributed by atoms with E-state index < -0.39 is 0 Å². The molecule has 0 N–H and O–H groups in total. The first-order chi connectivity index (χ1) is 10.6. The van der Waals surface area contributed by atoms with Crippen LogP contribution in [-0.4, -0.2) is 6.47 Å². The molecule has 0 radical (unpaired) electrons. The van der Waals surface area contributed by atoms with Gasteiger partial charge in [0.15, 0.2) is 0 Å². The van der Waals surface area contributed by atoms with E-state index in [2.05, 4.69) is 24.7 Å². The first-order valence-corrected chi connectivity index (χ1v) is 7.93. The van der Waals surface area contributed by atoms with Crippen molar-refractivity contribution in [2.75, 3.05) is 0 Å². The Hall–Kier alpha value is -1.51. The van der Waals surface area contributed by atoms with Gasteiger partial charge >= 0.3 is 0 Å². The van der Waals surface area contributed by atoms with Crippen molar-refractivity contribution in [3.63, 3.8) is 0 Å². The second-order valence-corrected chi connectivity index (χ2v) is 4.97. The highest BCUT2D eigenvalue weighted by molar-refractivity contribution is 6.30. The summed E-state index contributed by atoms with van der Waals surface area (Å²) < 4.78 is 4.52. The summed E-state index contributed by atoms with van der Waals surface area (Å²) in [7, 11) is 0. The summed E-state index contributed by atoms with van der Waals surface area (Å²) in [6.45, 7) is 8.61. The zero-order chi connectivity index (χ0) is 17.0. The van der Waals surface area contributed by atoms with Gasteiger partial charge in [0, 0.05) is 10.0 Å². The van der Waals surface area contributed by atoms with Gasteiger partial charge in [-0.05, 0) is 54.8 Å². The van der Waals surface area contributed by atoms with Crippen LogP contribution in [0.2, 0.25) is 10.0 Å². The quantitative estimate of drug-likeness (QED) is 0.629. The number of aryl methyl sites for hydroxylation is 2. The maximum absolute atomic E-state index is 9.82. The molecule has 0 aliphatic heterocycles. The number of rotatable bonds is 3. The molecule has 4 heteroatoms. The van der Waals surface area contributed by atoms with Crippen LogP contribution < -0.4 is 4.74 Å². The van der Waals surface area contributed by atoms with Crippen LogP contribution in [0.5, 0.6) is 5.75 Å². The molecule has 0 aliphatic carbocycles. The van der Waals surface area contributed by atoms with Crippen LogP contribution in [0.1, 0.15) is 31.9 Å². The highest BCUT2D eigenvalue weighted by atomic mass is 35.5. The van der Waals surface area contributed by atoms with Gasteiger partial charge in [0.05, 0.1) is 0 Å². The summed E-state index contributed by atoms with van der Waals surface area (Å²) in [5.74, 6) is 0.461. The number of ether oxygens (including phenoxy) is 1. The minimum absolute atomic E-state index is 0.367. The van der Waals surface area contributed by atoms with Crippen LogP contribution in [0.3, 0.4) is 0 Å². The summed E-state index contributed by atoms with van der Waals surface area (Å²) in [5, 5.41) is 1.39. The van der Waals surface area contributed by atoms with E-state index in [1.165, 1.54) is 11.1 Å². The monoisotopic (exact) mass is 340 g/mol. The van der Waals surface area contributed by atoms with Gasteiger partial charge in [-0.2, -0.15) is 0 Å². The van der Waals surface area contributed by atoms with Gasteiger partial charge in [-0.25, -0.2) is 0 Å². The fourth-order valence-corrected chi connectivity index (χ4v) is 1.99. The summed E-state index contributed by atoms with van der Waals surface area (Å²) in [5.41, 5.74) is 2.67. The Kier molecular flexibility index (Phi) is 11.2. The van der Waals surface area contributed by atoms with E-state index in [1.807, 2.05) is 26.0 Å². The number of carbonyl (C=O) groups is 1. The first-order valence-electron chi connectivity index (χ1n) is 7.17. The van der Waals surface area contributed by atoms with Gasteiger partial charge in [0.2, 0.25) is 0 Å². The second kappa shape index (κ2) is 12.1. The topological polar surface area (TPSA) is 26.3 Å². The van der Waals surface area contributed by atoms with E-state index in [1.54, 1.807) is 24.3 Å². The molecule has 0 bridgehead atoms. The third-order valence-corrected chi connectivity index (χ3v) is 3.14. The lowest BCUT2D eigenvalue weighted by Gasteiger charge is -2.01. The minimum Gasteiger partial charge on any atom is -0.429 e. The fourth-order valence-electron chi connectivity index (χ4n) is 1.62. The van der Waals surface area contributed by atoms with Gasteiger partial charge in [0.1, 0.15) is 5.75 Å². The van der Waals surface area contributed by atoms with Crippen LogP contribution in [-0.2, 0) is 11.2 Å². The Morgan fingerprint density at radius 3 is 2.18 bits per heavy atom. The predicted octanol–water partition coefficient (Wildman–Crippen LogP) is 6.11. The second-order valence-electron chi connectivity index (χ2n) is 4.10. The molecular formula is C18H22Cl2O2. The molecule has 120 valence electrons. The molecule has 2 aromatic rings. The molecular weight excluding hydrogens is 319 g/mol. The molecule has 0 spiro atoms. The van der Waals surface area contributed by atoms with Crippen LogP contribution >= 0.6 is 23.2 Å². The van der Waals surface area contributed by atoms with Crippen molar-refractivity contribution in [3.8, 4) is 5.75 Å². The van der Waals surface area contributed by atoms with Gasteiger partial charge in [-0.3, -0.25) is 4.79 Å². The van der Waals surface area contributed by atoms with E-state index in [9.17, 15) is 4.79 Å². The lowest BCUT2D eigenvalue weighted by molar-refractivity contribution is -0.120. The van der Waals surface area contributed by atoms with Crippen molar-refractivity contribution < 1.29 is 9.53 Å². The number of hydrogen-bond acceptors (Lipinski definition) is 2. The van der Waals surface area contributed by atoms with E-state index in [-0.39, 0.29) is 0 Å². The standard InChI is InChI=1S/C9H11Cl.C7H5ClO2.C2H6/c1-3-8-6-9(10)5-4-7(8)2;8-6-2-1-3-7(4-6)10-5-9;1-2/h4-6H,3H2,1-2H3;1-5H;1-2H3. The third-order valence-electron chi connectivity index (χ3n) is 2.67. The Labute approximate surface area is 143 Å². The van der Waals surface area contributed by atoms with Gasteiger partial charge in [-0.15, -0.1) is 0 Å². The number of hydrogen-bond donors (Lipinski definition) is 0. The molecule has 22 heavy (non-hydrogen) atoms. The van der Waals surface area contributed by atoms with Crippen LogP contribution in [0.4, 0.5) is 0 Å². The molecule has 2 rings (SSSR count). The highest BCUT2D eigenvalue weighted by Gasteiger charge is 1.94. The summed E-state index contributed by atoms with van der Waals surface area (Å²) >= 11 is 11.4. The maximum Gasteiger partial charge on any atom is 0.298 e. The average Bonchev–Trinajstić information content (AvgIpc) is 2.53. The molecule has 0 atom stereocenters. The molecule has 2 aromatic carbocycles. The summed E-state index contributed by atoms with van der Waals surface area (Å²) in [6, 6.07) is 12.6. The molecule has 0 aromatic heterocycles. The van der Waals surface area contributed by atoms with Crippen LogP contribution in [0, 0.1) is 6.92 Å². The zero-order valence-corrected chi connectivity index (χ0v) is 14.9. The van der Waals surface area contributed by atoms with Crippen molar-refractivity contribution in [1.82, 2.24) is 0 Å². The smallest absolute Gasteiger partial charge is 0.298 e. The molecule has 0 amide bonds. The Bertz CT molecular complexity index is 569. The predicted molar refractivity (Wildman–Crippen MR) is 95.1 cm³/mol. The summed E-state index contributed by atoms with van der Waals surface area (Å²) in [4.78, 5) is 9.82. The average molecular weight is 341 g/mol. The van der Waals surface area contributed by atoms with Crippen molar-refractivity contribution >= 4 is 29.7 Å².